The Morgan fingerprint density at radius 2 is 2.00 bits per heavy atom. The molecule has 0 radical (unpaired) electrons. The molecule has 1 amide bonds. The van der Waals surface area contributed by atoms with Crippen LogP contribution in [0.1, 0.15) is 55.1 Å². The highest BCUT2D eigenvalue weighted by Crippen LogP contribution is 2.33. The number of carbonyl (C=O) groups excluding carboxylic acids is 1. The van der Waals surface area contributed by atoms with E-state index in [1.165, 1.54) is 17.7 Å². The van der Waals surface area contributed by atoms with Crippen molar-refractivity contribution in [1.82, 2.24) is 19.8 Å². The Kier molecular flexibility index (Phi) is 4.63. The largest absolute Gasteiger partial charge is 0.373 e. The zero-order valence-corrected chi connectivity index (χ0v) is 15.4. The van der Waals surface area contributed by atoms with Crippen molar-refractivity contribution >= 4 is 11.7 Å². The number of hydrogen-bond donors (Lipinski definition) is 1. The van der Waals surface area contributed by atoms with E-state index < -0.39 is 0 Å². The summed E-state index contributed by atoms with van der Waals surface area (Å²) in [5.41, 5.74) is 2.42. The van der Waals surface area contributed by atoms with Crippen molar-refractivity contribution in [2.75, 3.05) is 39.0 Å². The summed E-state index contributed by atoms with van der Waals surface area (Å²) in [4.78, 5) is 26.8. The number of piperidine rings is 1. The number of fused-ring (bicyclic) bond motifs is 1. The molecule has 3 aliphatic rings. The highest BCUT2D eigenvalue weighted by atomic mass is 16.2. The van der Waals surface area contributed by atoms with Gasteiger partial charge in [0.15, 0.2) is 0 Å². The third-order valence-corrected chi connectivity index (χ3v) is 6.06. The predicted molar refractivity (Wildman–Crippen MR) is 97.5 cm³/mol. The standard InChI is InChI=1S/C19H29N5O/c1-20-18-15-12-23(2)10-8-16(15)21-17(22-18)14-7-4-9-24(11-14)19(25)13-5-3-6-13/h13-14H,3-12H2,1-2H3,(H,20,21,22)/t14-/m0/s1. The fourth-order valence-corrected chi connectivity index (χ4v) is 4.26. The van der Waals surface area contributed by atoms with Crippen LogP contribution in [-0.2, 0) is 17.8 Å². The van der Waals surface area contributed by atoms with Gasteiger partial charge in [0.25, 0.3) is 0 Å². The van der Waals surface area contributed by atoms with Crippen LogP contribution in [0.3, 0.4) is 0 Å². The highest BCUT2D eigenvalue weighted by Gasteiger charge is 2.34. The summed E-state index contributed by atoms with van der Waals surface area (Å²) >= 11 is 0. The van der Waals surface area contributed by atoms with E-state index in [1.807, 2.05) is 7.05 Å². The van der Waals surface area contributed by atoms with Gasteiger partial charge in [0.1, 0.15) is 11.6 Å². The van der Waals surface area contributed by atoms with Crippen molar-refractivity contribution in [1.29, 1.82) is 0 Å². The van der Waals surface area contributed by atoms with Crippen LogP contribution < -0.4 is 5.32 Å². The Balaban J connectivity index is 1.55. The summed E-state index contributed by atoms with van der Waals surface area (Å²) in [5, 5.41) is 3.27. The van der Waals surface area contributed by atoms with E-state index in [0.717, 1.165) is 69.9 Å². The average molecular weight is 343 g/mol. The second kappa shape index (κ2) is 6.90. The molecular formula is C19H29N5O. The molecule has 2 fully saturated rings. The predicted octanol–water partition coefficient (Wildman–Crippen LogP) is 2.01. The van der Waals surface area contributed by atoms with Crippen LogP contribution in [0, 0.1) is 5.92 Å². The number of anilines is 1. The maximum absolute atomic E-state index is 12.6. The maximum atomic E-state index is 12.6. The lowest BCUT2D eigenvalue weighted by Crippen LogP contribution is -2.44. The lowest BCUT2D eigenvalue weighted by molar-refractivity contribution is -0.139. The molecule has 0 bridgehead atoms. The van der Waals surface area contributed by atoms with Gasteiger partial charge in [-0.1, -0.05) is 6.42 Å². The fraction of sp³-hybridized carbons (Fsp3) is 0.737. The minimum atomic E-state index is 0.273. The first-order valence-electron chi connectivity index (χ1n) is 9.70. The number of nitrogens with one attached hydrogen (secondary N) is 1. The Morgan fingerprint density at radius 1 is 1.16 bits per heavy atom. The molecule has 1 aliphatic carbocycles. The van der Waals surface area contributed by atoms with Gasteiger partial charge < -0.3 is 15.1 Å². The van der Waals surface area contributed by atoms with Crippen LogP contribution in [0.2, 0.25) is 0 Å². The summed E-state index contributed by atoms with van der Waals surface area (Å²) in [5.74, 6) is 2.82. The van der Waals surface area contributed by atoms with Crippen molar-refractivity contribution in [2.24, 2.45) is 5.92 Å². The van der Waals surface area contributed by atoms with Crippen LogP contribution >= 0.6 is 0 Å². The number of carbonyl (C=O) groups is 1. The van der Waals surface area contributed by atoms with Gasteiger partial charge in [-0.15, -0.1) is 0 Å². The van der Waals surface area contributed by atoms with Gasteiger partial charge in [-0.3, -0.25) is 4.79 Å². The zero-order chi connectivity index (χ0) is 17.4. The third kappa shape index (κ3) is 3.24. The quantitative estimate of drug-likeness (QED) is 0.910. The van der Waals surface area contributed by atoms with E-state index >= 15 is 0 Å². The number of aromatic nitrogens is 2. The normalized spacial score (nSPS) is 24.6. The van der Waals surface area contributed by atoms with Crippen LogP contribution in [0.4, 0.5) is 5.82 Å². The first-order chi connectivity index (χ1) is 12.2. The minimum Gasteiger partial charge on any atom is -0.373 e. The molecule has 4 rings (SSSR count). The zero-order valence-electron chi connectivity index (χ0n) is 15.4. The van der Waals surface area contributed by atoms with Crippen LogP contribution in [-0.4, -0.2) is 59.4 Å². The summed E-state index contributed by atoms with van der Waals surface area (Å²) in [6.45, 7) is 3.64. The van der Waals surface area contributed by atoms with Gasteiger partial charge in [-0.25, -0.2) is 9.97 Å². The molecule has 1 N–H and O–H groups in total. The summed E-state index contributed by atoms with van der Waals surface area (Å²) in [6, 6.07) is 0. The Bertz CT molecular complexity index is 640. The lowest BCUT2D eigenvalue weighted by Gasteiger charge is -2.37. The molecule has 1 saturated carbocycles. The Hall–Kier alpha value is -1.69. The molecule has 1 saturated heterocycles. The maximum Gasteiger partial charge on any atom is 0.225 e. The molecule has 2 aliphatic heterocycles. The third-order valence-electron chi connectivity index (χ3n) is 6.06. The number of likely N-dealkylation sites (tertiary alicyclic amines) is 1. The van der Waals surface area contributed by atoms with E-state index in [-0.39, 0.29) is 11.8 Å². The molecule has 1 aromatic rings. The Labute approximate surface area is 150 Å². The molecule has 0 aromatic carbocycles. The van der Waals surface area contributed by atoms with Gasteiger partial charge in [0.05, 0.1) is 5.69 Å². The van der Waals surface area contributed by atoms with Crippen LogP contribution in [0.15, 0.2) is 0 Å². The van der Waals surface area contributed by atoms with Crippen LogP contribution in [0.5, 0.6) is 0 Å². The van der Waals surface area contributed by atoms with E-state index in [4.69, 9.17) is 9.97 Å². The van der Waals surface area contributed by atoms with E-state index in [2.05, 4.69) is 22.2 Å². The van der Waals surface area contributed by atoms with Gasteiger partial charge in [0, 0.05) is 57.0 Å². The first kappa shape index (κ1) is 16.8. The van der Waals surface area contributed by atoms with Gasteiger partial charge in [-0.05, 0) is 32.7 Å². The smallest absolute Gasteiger partial charge is 0.225 e. The van der Waals surface area contributed by atoms with E-state index in [0.29, 0.717) is 5.91 Å². The van der Waals surface area contributed by atoms with E-state index in [9.17, 15) is 4.79 Å². The molecule has 1 aromatic heterocycles. The molecule has 3 heterocycles. The Morgan fingerprint density at radius 3 is 2.72 bits per heavy atom. The number of rotatable bonds is 3. The number of likely N-dealkylation sites (N-methyl/N-ethyl adjacent to an activating group) is 1. The van der Waals surface area contributed by atoms with Crippen molar-refractivity contribution in [3.8, 4) is 0 Å². The lowest BCUT2D eigenvalue weighted by atomic mass is 9.83. The molecule has 0 spiro atoms. The average Bonchev–Trinajstić information content (AvgIpc) is 2.59. The highest BCUT2D eigenvalue weighted by molar-refractivity contribution is 5.79. The monoisotopic (exact) mass is 343 g/mol. The number of hydrogen-bond acceptors (Lipinski definition) is 5. The SMILES string of the molecule is CNc1nc([C@H]2CCCN(C(=O)C3CCC3)C2)nc2c1CN(C)CC2. The second-order valence-electron chi connectivity index (χ2n) is 7.84. The second-order valence-corrected chi connectivity index (χ2v) is 7.84. The van der Waals surface area contributed by atoms with Crippen LogP contribution in [0.25, 0.3) is 0 Å². The minimum absolute atomic E-state index is 0.273. The van der Waals surface area contributed by atoms with E-state index in [1.54, 1.807) is 0 Å². The van der Waals surface area contributed by atoms with Crippen molar-refractivity contribution in [3.05, 3.63) is 17.1 Å². The number of nitrogens with zero attached hydrogens (tertiary/aromatic N) is 4. The fourth-order valence-electron chi connectivity index (χ4n) is 4.26. The molecule has 0 unspecified atom stereocenters. The topological polar surface area (TPSA) is 61.4 Å². The summed E-state index contributed by atoms with van der Waals surface area (Å²) in [6.07, 6.45) is 6.48. The first-order valence-corrected chi connectivity index (χ1v) is 9.70. The summed E-state index contributed by atoms with van der Waals surface area (Å²) < 4.78 is 0. The molecule has 6 nitrogen and oxygen atoms in total. The summed E-state index contributed by atoms with van der Waals surface area (Å²) in [7, 11) is 4.08. The van der Waals surface area contributed by atoms with Gasteiger partial charge in [0.2, 0.25) is 5.91 Å². The van der Waals surface area contributed by atoms with Crippen molar-refractivity contribution in [2.45, 2.75) is 51.0 Å². The molecule has 25 heavy (non-hydrogen) atoms. The molecule has 1 atom stereocenters. The van der Waals surface area contributed by atoms with Crippen molar-refractivity contribution in [3.63, 3.8) is 0 Å². The van der Waals surface area contributed by atoms with Gasteiger partial charge in [-0.2, -0.15) is 0 Å². The number of amides is 1. The van der Waals surface area contributed by atoms with Crippen molar-refractivity contribution < 1.29 is 4.79 Å². The molecular weight excluding hydrogens is 314 g/mol. The van der Waals surface area contributed by atoms with Gasteiger partial charge >= 0.3 is 0 Å². The molecule has 136 valence electrons. The molecule has 6 heteroatoms.